The molecule has 0 fully saturated rings. The second-order valence-electron chi connectivity index (χ2n) is 3.99. The standard InChI is InChI=1S/C13H10BrN3O4/c1-21-10-2-3-11(12(5-10)17(19)20)16-13(18)8-4-9(14)7-15-6-8/h2-7H,1H3,(H,16,18). The lowest BCUT2D eigenvalue weighted by atomic mass is 10.2. The van der Waals surface area contributed by atoms with Crippen LogP contribution in [-0.4, -0.2) is 22.9 Å². The van der Waals surface area contributed by atoms with Gasteiger partial charge in [0.2, 0.25) is 0 Å². The first-order chi connectivity index (χ1) is 10.0. The number of hydrogen-bond acceptors (Lipinski definition) is 5. The number of aromatic nitrogens is 1. The number of nitro benzene ring substituents is 1. The van der Waals surface area contributed by atoms with Crippen molar-refractivity contribution in [3.63, 3.8) is 0 Å². The SMILES string of the molecule is COc1ccc(NC(=O)c2cncc(Br)c2)c([N+](=O)[O-])c1. The number of carbonyl (C=O) groups is 1. The van der Waals surface area contributed by atoms with Crippen molar-refractivity contribution in [2.24, 2.45) is 0 Å². The van der Waals surface area contributed by atoms with Crippen LogP contribution >= 0.6 is 15.9 Å². The number of amides is 1. The highest BCUT2D eigenvalue weighted by Gasteiger charge is 2.18. The fourth-order valence-corrected chi connectivity index (χ4v) is 1.99. The van der Waals surface area contributed by atoms with Gasteiger partial charge in [-0.3, -0.25) is 19.9 Å². The molecule has 0 unspecified atom stereocenters. The third kappa shape index (κ3) is 3.54. The van der Waals surface area contributed by atoms with Gasteiger partial charge in [-0.05, 0) is 34.1 Å². The molecule has 0 radical (unpaired) electrons. The van der Waals surface area contributed by atoms with E-state index in [2.05, 4.69) is 26.2 Å². The molecule has 1 aromatic carbocycles. The third-order valence-electron chi connectivity index (χ3n) is 2.62. The normalized spacial score (nSPS) is 10.0. The summed E-state index contributed by atoms with van der Waals surface area (Å²) in [6, 6.07) is 5.76. The topological polar surface area (TPSA) is 94.4 Å². The summed E-state index contributed by atoms with van der Waals surface area (Å²) in [6.45, 7) is 0. The molecule has 21 heavy (non-hydrogen) atoms. The number of halogens is 1. The number of ether oxygens (including phenoxy) is 1. The van der Waals surface area contributed by atoms with Crippen LogP contribution in [0.5, 0.6) is 5.75 Å². The Hall–Kier alpha value is -2.48. The Morgan fingerprint density at radius 2 is 2.14 bits per heavy atom. The lowest BCUT2D eigenvalue weighted by Crippen LogP contribution is -2.13. The third-order valence-corrected chi connectivity index (χ3v) is 3.05. The molecule has 7 nitrogen and oxygen atoms in total. The lowest BCUT2D eigenvalue weighted by molar-refractivity contribution is -0.384. The number of nitrogens with one attached hydrogen (secondary N) is 1. The zero-order chi connectivity index (χ0) is 15.4. The Kier molecular flexibility index (Phi) is 4.49. The van der Waals surface area contributed by atoms with Crippen molar-refractivity contribution < 1.29 is 14.5 Å². The Morgan fingerprint density at radius 3 is 2.76 bits per heavy atom. The van der Waals surface area contributed by atoms with Gasteiger partial charge < -0.3 is 10.1 Å². The smallest absolute Gasteiger partial charge is 0.296 e. The van der Waals surface area contributed by atoms with E-state index in [1.165, 1.54) is 37.7 Å². The summed E-state index contributed by atoms with van der Waals surface area (Å²) in [5.41, 5.74) is 0.130. The summed E-state index contributed by atoms with van der Waals surface area (Å²) >= 11 is 3.21. The van der Waals surface area contributed by atoms with E-state index in [-0.39, 0.29) is 16.9 Å². The minimum atomic E-state index is -0.586. The molecular formula is C13H10BrN3O4. The number of benzene rings is 1. The minimum absolute atomic E-state index is 0.0887. The van der Waals surface area contributed by atoms with Crippen LogP contribution in [0.2, 0.25) is 0 Å². The van der Waals surface area contributed by atoms with Crippen LogP contribution in [0.1, 0.15) is 10.4 Å². The van der Waals surface area contributed by atoms with Crippen molar-refractivity contribution in [3.8, 4) is 5.75 Å². The van der Waals surface area contributed by atoms with Crippen molar-refractivity contribution in [1.29, 1.82) is 0 Å². The average Bonchev–Trinajstić information content (AvgIpc) is 2.47. The first-order valence-corrected chi connectivity index (χ1v) is 6.55. The van der Waals surface area contributed by atoms with Gasteiger partial charge in [0.05, 0.1) is 23.7 Å². The van der Waals surface area contributed by atoms with Gasteiger partial charge in [-0.1, -0.05) is 0 Å². The van der Waals surface area contributed by atoms with E-state index < -0.39 is 10.8 Å². The van der Waals surface area contributed by atoms with Gasteiger partial charge in [-0.15, -0.1) is 0 Å². The number of anilines is 1. The number of nitro groups is 1. The maximum atomic E-state index is 12.1. The Morgan fingerprint density at radius 1 is 1.38 bits per heavy atom. The molecule has 2 rings (SSSR count). The van der Waals surface area contributed by atoms with E-state index in [9.17, 15) is 14.9 Å². The molecule has 1 heterocycles. The number of carbonyl (C=O) groups excluding carboxylic acids is 1. The maximum absolute atomic E-state index is 12.1. The zero-order valence-electron chi connectivity index (χ0n) is 10.9. The predicted molar refractivity (Wildman–Crippen MR) is 79.5 cm³/mol. The Balaban J connectivity index is 2.31. The molecule has 0 bridgehead atoms. The van der Waals surface area contributed by atoms with E-state index in [1.54, 1.807) is 6.07 Å². The summed E-state index contributed by atoms with van der Waals surface area (Å²) in [6.07, 6.45) is 2.90. The van der Waals surface area contributed by atoms with Gasteiger partial charge >= 0.3 is 0 Å². The first kappa shape index (κ1) is 14.9. The first-order valence-electron chi connectivity index (χ1n) is 5.75. The highest BCUT2D eigenvalue weighted by atomic mass is 79.9. The van der Waals surface area contributed by atoms with Crippen molar-refractivity contribution in [3.05, 3.63) is 56.8 Å². The maximum Gasteiger partial charge on any atom is 0.296 e. The summed E-state index contributed by atoms with van der Waals surface area (Å²) in [5, 5.41) is 13.5. The van der Waals surface area contributed by atoms with Crippen molar-refractivity contribution in [2.75, 3.05) is 12.4 Å². The van der Waals surface area contributed by atoms with E-state index in [4.69, 9.17) is 4.74 Å². The largest absolute Gasteiger partial charge is 0.496 e. The molecule has 1 aromatic heterocycles. The van der Waals surface area contributed by atoms with Gasteiger partial charge in [0, 0.05) is 16.9 Å². The highest BCUT2D eigenvalue weighted by molar-refractivity contribution is 9.10. The van der Waals surface area contributed by atoms with Gasteiger partial charge in [0.25, 0.3) is 11.6 Å². The van der Waals surface area contributed by atoms with E-state index in [1.807, 2.05) is 0 Å². The number of pyridine rings is 1. The van der Waals surface area contributed by atoms with Gasteiger partial charge in [-0.25, -0.2) is 0 Å². The monoisotopic (exact) mass is 351 g/mol. The van der Waals surface area contributed by atoms with Crippen molar-refractivity contribution in [2.45, 2.75) is 0 Å². The minimum Gasteiger partial charge on any atom is -0.496 e. The predicted octanol–water partition coefficient (Wildman–Crippen LogP) is 3.01. The second-order valence-corrected chi connectivity index (χ2v) is 4.90. The Labute approximate surface area is 128 Å². The molecule has 0 aliphatic rings. The molecule has 0 spiro atoms. The van der Waals surface area contributed by atoms with Crippen LogP contribution in [0, 0.1) is 10.1 Å². The van der Waals surface area contributed by atoms with E-state index >= 15 is 0 Å². The average molecular weight is 352 g/mol. The van der Waals surface area contributed by atoms with E-state index in [0.717, 1.165) is 0 Å². The summed E-state index contributed by atoms with van der Waals surface area (Å²) in [4.78, 5) is 26.4. The van der Waals surface area contributed by atoms with Crippen LogP contribution in [0.3, 0.4) is 0 Å². The zero-order valence-corrected chi connectivity index (χ0v) is 12.5. The summed E-state index contributed by atoms with van der Waals surface area (Å²) < 4.78 is 5.57. The van der Waals surface area contributed by atoms with Gasteiger partial charge in [0.15, 0.2) is 0 Å². The molecule has 1 amide bonds. The number of nitrogens with zero attached hydrogens (tertiary/aromatic N) is 2. The molecule has 8 heteroatoms. The molecule has 0 saturated carbocycles. The quantitative estimate of drug-likeness (QED) is 0.674. The second kappa shape index (κ2) is 6.31. The Bertz CT molecular complexity index is 706. The van der Waals surface area contributed by atoms with Crippen LogP contribution in [-0.2, 0) is 0 Å². The molecule has 1 N–H and O–H groups in total. The van der Waals surface area contributed by atoms with Gasteiger partial charge in [-0.2, -0.15) is 0 Å². The molecule has 2 aromatic rings. The van der Waals surface area contributed by atoms with Crippen LogP contribution in [0.25, 0.3) is 0 Å². The molecule has 0 saturated heterocycles. The van der Waals surface area contributed by atoms with Crippen LogP contribution < -0.4 is 10.1 Å². The van der Waals surface area contributed by atoms with Crippen molar-refractivity contribution in [1.82, 2.24) is 4.98 Å². The van der Waals surface area contributed by atoms with Gasteiger partial charge in [0.1, 0.15) is 11.4 Å². The molecule has 108 valence electrons. The van der Waals surface area contributed by atoms with Crippen molar-refractivity contribution >= 4 is 33.2 Å². The fraction of sp³-hybridized carbons (Fsp3) is 0.0769. The molecular weight excluding hydrogens is 342 g/mol. The summed E-state index contributed by atoms with van der Waals surface area (Å²) in [5.74, 6) is -0.152. The molecule has 0 aliphatic carbocycles. The molecule has 0 aliphatic heterocycles. The number of rotatable bonds is 4. The highest BCUT2D eigenvalue weighted by Crippen LogP contribution is 2.29. The number of methoxy groups -OCH3 is 1. The summed E-state index contributed by atoms with van der Waals surface area (Å²) in [7, 11) is 1.41. The molecule has 0 atom stereocenters. The van der Waals surface area contributed by atoms with E-state index in [0.29, 0.717) is 10.2 Å². The van der Waals surface area contributed by atoms with Crippen LogP contribution in [0.15, 0.2) is 41.1 Å². The number of hydrogen-bond donors (Lipinski definition) is 1. The van der Waals surface area contributed by atoms with Crippen LogP contribution in [0.4, 0.5) is 11.4 Å². The fourth-order valence-electron chi connectivity index (χ4n) is 1.63. The lowest BCUT2D eigenvalue weighted by Gasteiger charge is -2.07.